The van der Waals surface area contributed by atoms with Gasteiger partial charge in [0.2, 0.25) is 5.78 Å². The van der Waals surface area contributed by atoms with Gasteiger partial charge in [-0.2, -0.15) is 0 Å². The lowest BCUT2D eigenvalue weighted by Gasteiger charge is -2.10. The fraction of sp³-hybridized carbons (Fsp3) is 0.200. The third-order valence-corrected chi connectivity index (χ3v) is 5.02. The number of nitrogens with zero attached hydrogens (tertiary/aromatic N) is 1. The molecule has 0 bridgehead atoms. The van der Waals surface area contributed by atoms with Crippen LogP contribution in [0.15, 0.2) is 53.9 Å². The molecule has 3 aromatic rings. The molecule has 0 spiro atoms. The van der Waals surface area contributed by atoms with E-state index in [1.54, 1.807) is 12.1 Å². The zero-order valence-corrected chi connectivity index (χ0v) is 15.0. The van der Waals surface area contributed by atoms with E-state index in [4.69, 9.17) is 4.74 Å². The van der Waals surface area contributed by atoms with Crippen LogP contribution < -0.4 is 0 Å². The lowest BCUT2D eigenvalue weighted by Crippen LogP contribution is -2.14. The first-order valence-corrected chi connectivity index (χ1v) is 8.88. The van der Waals surface area contributed by atoms with Gasteiger partial charge in [0.15, 0.2) is 6.61 Å². The van der Waals surface area contributed by atoms with Gasteiger partial charge < -0.3 is 9.30 Å². The second-order valence-electron chi connectivity index (χ2n) is 5.83. The number of carbonyl (C=O) groups excluding carboxylic acids is 2. The summed E-state index contributed by atoms with van der Waals surface area (Å²) in [5, 5.41) is 1.83. The van der Waals surface area contributed by atoms with E-state index in [0.29, 0.717) is 17.0 Å². The first-order valence-electron chi connectivity index (χ1n) is 8.00. The van der Waals surface area contributed by atoms with Crippen LogP contribution in [0.4, 0.5) is 0 Å². The Bertz CT molecular complexity index is 879. The van der Waals surface area contributed by atoms with Gasteiger partial charge in [-0.15, -0.1) is 11.3 Å². The average Bonchev–Trinajstić information content (AvgIpc) is 3.25. The Kier molecular flexibility index (Phi) is 5.14. The van der Waals surface area contributed by atoms with Gasteiger partial charge in [-0.25, -0.2) is 4.79 Å². The van der Waals surface area contributed by atoms with Crippen molar-refractivity contribution in [1.29, 1.82) is 0 Å². The normalized spacial score (nSPS) is 10.6. The van der Waals surface area contributed by atoms with Crippen molar-refractivity contribution >= 4 is 23.1 Å². The Morgan fingerprint density at radius 3 is 2.52 bits per heavy atom. The molecule has 2 aromatic heterocycles. The van der Waals surface area contributed by atoms with E-state index in [-0.39, 0.29) is 12.4 Å². The zero-order chi connectivity index (χ0) is 17.8. The summed E-state index contributed by atoms with van der Waals surface area (Å²) in [5.74, 6) is -0.640. The third-order valence-electron chi connectivity index (χ3n) is 4.11. The molecule has 0 saturated carbocycles. The van der Waals surface area contributed by atoms with E-state index >= 15 is 0 Å². The number of thiophene rings is 1. The van der Waals surface area contributed by atoms with Gasteiger partial charge in [0, 0.05) is 17.9 Å². The first kappa shape index (κ1) is 17.2. The van der Waals surface area contributed by atoms with Crippen molar-refractivity contribution in [3.05, 3.63) is 81.3 Å². The van der Waals surface area contributed by atoms with E-state index in [1.807, 2.05) is 43.5 Å². The van der Waals surface area contributed by atoms with Gasteiger partial charge in [0.25, 0.3) is 0 Å². The highest BCUT2D eigenvalue weighted by atomic mass is 32.1. The summed E-state index contributed by atoms with van der Waals surface area (Å²) in [5.41, 5.74) is 3.50. The van der Waals surface area contributed by atoms with Crippen LogP contribution in [-0.2, 0) is 11.3 Å². The minimum atomic E-state index is -0.461. The molecule has 0 unspecified atom stereocenters. The molecule has 0 saturated heterocycles. The molecule has 25 heavy (non-hydrogen) atoms. The van der Waals surface area contributed by atoms with Gasteiger partial charge >= 0.3 is 5.97 Å². The Morgan fingerprint density at radius 1 is 1.08 bits per heavy atom. The van der Waals surface area contributed by atoms with Crippen molar-refractivity contribution < 1.29 is 14.3 Å². The molecule has 0 aliphatic carbocycles. The van der Waals surface area contributed by atoms with Gasteiger partial charge in [-0.3, -0.25) is 4.79 Å². The predicted octanol–water partition coefficient (Wildman–Crippen LogP) is 4.25. The lowest BCUT2D eigenvalue weighted by molar-refractivity contribution is 0.0475. The lowest BCUT2D eigenvalue weighted by atomic mass is 10.2. The monoisotopic (exact) mass is 353 g/mol. The van der Waals surface area contributed by atoms with Gasteiger partial charge in [-0.05, 0) is 36.9 Å². The number of rotatable bonds is 6. The topological polar surface area (TPSA) is 48.3 Å². The number of Topliss-reactive ketones (excluding diaryl/α,β-unsaturated/α-hetero) is 1. The van der Waals surface area contributed by atoms with Crippen LogP contribution in [0.1, 0.15) is 37.0 Å². The molecule has 5 heteroatoms. The Hall–Kier alpha value is -2.66. The fourth-order valence-electron chi connectivity index (χ4n) is 2.73. The highest BCUT2D eigenvalue weighted by molar-refractivity contribution is 7.12. The van der Waals surface area contributed by atoms with E-state index < -0.39 is 5.97 Å². The molecule has 0 aliphatic rings. The minimum Gasteiger partial charge on any atom is -0.454 e. The number of hydrogen-bond donors (Lipinski definition) is 0. The molecule has 0 atom stereocenters. The molecule has 1 aromatic carbocycles. The van der Waals surface area contributed by atoms with Crippen LogP contribution in [0.25, 0.3) is 0 Å². The number of benzene rings is 1. The van der Waals surface area contributed by atoms with Crippen molar-refractivity contribution in [2.75, 3.05) is 6.61 Å². The van der Waals surface area contributed by atoms with Crippen molar-refractivity contribution in [1.82, 2.24) is 4.57 Å². The summed E-state index contributed by atoms with van der Waals surface area (Å²) < 4.78 is 7.29. The van der Waals surface area contributed by atoms with Gasteiger partial charge in [-0.1, -0.05) is 36.4 Å². The Labute approximate surface area is 150 Å². The van der Waals surface area contributed by atoms with Crippen molar-refractivity contribution in [3.8, 4) is 0 Å². The molecular formula is C20H19NO3S. The van der Waals surface area contributed by atoms with E-state index in [1.165, 1.54) is 11.3 Å². The maximum absolute atomic E-state index is 12.4. The highest BCUT2D eigenvalue weighted by Crippen LogP contribution is 2.18. The first-order chi connectivity index (χ1) is 12.1. The minimum absolute atomic E-state index is 0.179. The third kappa shape index (κ3) is 3.88. The van der Waals surface area contributed by atoms with Gasteiger partial charge in [0.1, 0.15) is 0 Å². The molecule has 0 amide bonds. The van der Waals surface area contributed by atoms with Crippen molar-refractivity contribution in [2.45, 2.75) is 20.4 Å². The van der Waals surface area contributed by atoms with Gasteiger partial charge in [0.05, 0.1) is 10.4 Å². The smallest absolute Gasteiger partial charge is 0.340 e. The number of ketones is 1. The van der Waals surface area contributed by atoms with Crippen LogP contribution in [0.3, 0.4) is 0 Å². The molecule has 128 valence electrons. The number of aromatic nitrogens is 1. The predicted molar refractivity (Wildman–Crippen MR) is 98.4 cm³/mol. The van der Waals surface area contributed by atoms with Crippen LogP contribution >= 0.6 is 11.3 Å². The van der Waals surface area contributed by atoms with Crippen LogP contribution in [0, 0.1) is 13.8 Å². The Morgan fingerprint density at radius 2 is 1.84 bits per heavy atom. The second-order valence-corrected chi connectivity index (χ2v) is 6.78. The molecule has 3 rings (SSSR count). The summed E-state index contributed by atoms with van der Waals surface area (Å²) in [6.45, 7) is 4.32. The maximum Gasteiger partial charge on any atom is 0.340 e. The second kappa shape index (κ2) is 7.49. The number of aryl methyl sites for hydroxylation is 1. The average molecular weight is 353 g/mol. The summed E-state index contributed by atoms with van der Waals surface area (Å²) in [4.78, 5) is 24.9. The van der Waals surface area contributed by atoms with E-state index in [2.05, 4.69) is 16.7 Å². The van der Waals surface area contributed by atoms with Crippen LogP contribution in [-0.4, -0.2) is 22.9 Å². The molecule has 0 aliphatic heterocycles. The Balaban J connectivity index is 1.71. The van der Waals surface area contributed by atoms with Crippen molar-refractivity contribution in [3.63, 3.8) is 0 Å². The van der Waals surface area contributed by atoms with Crippen molar-refractivity contribution in [2.24, 2.45) is 0 Å². The SMILES string of the molecule is Cc1cc(C(=O)OCC(=O)c2cccs2)c(C)n1Cc1ccccc1. The summed E-state index contributed by atoms with van der Waals surface area (Å²) >= 11 is 1.34. The molecular weight excluding hydrogens is 334 g/mol. The molecule has 0 radical (unpaired) electrons. The zero-order valence-electron chi connectivity index (χ0n) is 14.2. The molecule has 0 fully saturated rings. The standard InChI is InChI=1S/C20H19NO3S/c1-14-11-17(15(2)21(14)12-16-7-4-3-5-8-16)20(23)24-13-18(22)19-9-6-10-25-19/h3-11H,12-13H2,1-2H3. The summed E-state index contributed by atoms with van der Waals surface area (Å²) in [6, 6.07) is 15.4. The number of esters is 1. The van der Waals surface area contributed by atoms with Crippen LogP contribution in [0.5, 0.6) is 0 Å². The highest BCUT2D eigenvalue weighted by Gasteiger charge is 2.18. The number of ether oxygens (including phenoxy) is 1. The summed E-state index contributed by atoms with van der Waals surface area (Å²) in [6.07, 6.45) is 0. The molecule has 0 N–H and O–H groups in total. The number of carbonyl (C=O) groups is 2. The van der Waals surface area contributed by atoms with E-state index in [0.717, 1.165) is 17.0 Å². The fourth-order valence-corrected chi connectivity index (χ4v) is 3.39. The maximum atomic E-state index is 12.4. The summed E-state index contributed by atoms with van der Waals surface area (Å²) in [7, 11) is 0. The van der Waals surface area contributed by atoms with E-state index in [9.17, 15) is 9.59 Å². The molecule has 4 nitrogen and oxygen atoms in total. The van der Waals surface area contributed by atoms with Crippen LogP contribution in [0.2, 0.25) is 0 Å². The largest absolute Gasteiger partial charge is 0.454 e. The number of hydrogen-bond acceptors (Lipinski definition) is 4. The molecule has 2 heterocycles. The quantitative estimate of drug-likeness (QED) is 0.491.